The molecule has 0 aromatic carbocycles. The molecule has 0 bridgehead atoms. The number of carbonyl (C=O) groups excluding carboxylic acids is 1. The topological polar surface area (TPSA) is 46.9 Å². The molecule has 0 aliphatic heterocycles. The van der Waals surface area contributed by atoms with Gasteiger partial charge in [0.25, 0.3) is 5.91 Å². The summed E-state index contributed by atoms with van der Waals surface area (Å²) in [4.78, 5) is 17.8. The quantitative estimate of drug-likeness (QED) is 0.927. The van der Waals surface area contributed by atoms with Crippen LogP contribution < -0.4 is 5.32 Å². The van der Waals surface area contributed by atoms with E-state index in [0.717, 1.165) is 28.5 Å². The summed E-state index contributed by atoms with van der Waals surface area (Å²) in [5.74, 6) is 0.0407. The Bertz CT molecular complexity index is 610. The first-order chi connectivity index (χ1) is 10.7. The van der Waals surface area contributed by atoms with Crippen molar-refractivity contribution in [3.05, 3.63) is 35.1 Å². The van der Waals surface area contributed by atoms with Crippen molar-refractivity contribution in [1.82, 2.24) is 14.9 Å². The Kier molecular flexibility index (Phi) is 4.93. The number of nitrogens with zero attached hydrogens (tertiary/aromatic N) is 2. The molecule has 2 heterocycles. The van der Waals surface area contributed by atoms with Crippen LogP contribution >= 0.6 is 11.3 Å². The predicted molar refractivity (Wildman–Crippen MR) is 89.8 cm³/mol. The molecule has 1 saturated carbocycles. The number of aromatic nitrogens is 2. The highest BCUT2D eigenvalue weighted by Crippen LogP contribution is 2.23. The van der Waals surface area contributed by atoms with Crippen LogP contribution in [0.25, 0.3) is 5.13 Å². The zero-order chi connectivity index (χ0) is 15.4. The molecule has 1 N–H and O–H groups in total. The Labute approximate surface area is 135 Å². The number of rotatable bonds is 3. The number of carbonyl (C=O) groups is 1. The Morgan fingerprint density at radius 1 is 1.18 bits per heavy atom. The summed E-state index contributed by atoms with van der Waals surface area (Å²) in [7, 11) is 0. The van der Waals surface area contributed by atoms with Crippen LogP contribution in [0.3, 0.4) is 0 Å². The van der Waals surface area contributed by atoms with Gasteiger partial charge in [-0.15, -0.1) is 0 Å². The lowest BCUT2D eigenvalue weighted by atomic mass is 9.97. The van der Waals surface area contributed by atoms with Gasteiger partial charge in [0.2, 0.25) is 0 Å². The second-order valence-corrected chi connectivity index (χ2v) is 6.99. The fourth-order valence-electron chi connectivity index (χ4n) is 3.02. The van der Waals surface area contributed by atoms with E-state index in [1.54, 1.807) is 0 Å². The van der Waals surface area contributed by atoms with Crippen molar-refractivity contribution in [3.8, 4) is 5.13 Å². The molecule has 2 aromatic heterocycles. The van der Waals surface area contributed by atoms with Crippen LogP contribution in [0, 0.1) is 6.92 Å². The number of nitrogens with one attached hydrogen (secondary N) is 1. The lowest BCUT2D eigenvalue weighted by Gasteiger charge is -2.20. The normalized spacial score (nSPS) is 17.0. The summed E-state index contributed by atoms with van der Waals surface area (Å²) in [6.45, 7) is 1.91. The molecule has 118 valence electrons. The molecule has 4 nitrogen and oxygen atoms in total. The van der Waals surface area contributed by atoms with E-state index in [1.807, 2.05) is 36.0 Å². The second-order valence-electron chi connectivity index (χ2n) is 6.02. The third kappa shape index (κ3) is 3.58. The standard InChI is InChI=1S/C17H23N3OS/c1-13-15(22-17(18-13)20-11-7-8-12-20)16(21)19-14-9-5-3-2-4-6-10-14/h7-8,11-12,14H,2-6,9-10H2,1H3,(H,19,21). The largest absolute Gasteiger partial charge is 0.349 e. The first kappa shape index (κ1) is 15.3. The number of thiazole rings is 1. The third-order valence-electron chi connectivity index (χ3n) is 4.26. The van der Waals surface area contributed by atoms with Gasteiger partial charge < -0.3 is 9.88 Å². The molecule has 1 amide bonds. The highest BCUT2D eigenvalue weighted by atomic mass is 32.1. The van der Waals surface area contributed by atoms with E-state index in [0.29, 0.717) is 6.04 Å². The maximum absolute atomic E-state index is 12.6. The van der Waals surface area contributed by atoms with Crippen LogP contribution in [0.15, 0.2) is 24.5 Å². The zero-order valence-electron chi connectivity index (χ0n) is 13.0. The number of hydrogen-bond acceptors (Lipinski definition) is 3. The van der Waals surface area contributed by atoms with Gasteiger partial charge in [0.15, 0.2) is 5.13 Å². The van der Waals surface area contributed by atoms with Gasteiger partial charge in [0, 0.05) is 18.4 Å². The second kappa shape index (κ2) is 7.09. The van der Waals surface area contributed by atoms with Gasteiger partial charge in [-0.05, 0) is 31.9 Å². The molecule has 2 aromatic rings. The lowest BCUT2D eigenvalue weighted by molar-refractivity contribution is 0.0934. The molecule has 1 aliphatic rings. The van der Waals surface area contributed by atoms with Crippen LogP contribution in [-0.2, 0) is 0 Å². The minimum Gasteiger partial charge on any atom is -0.349 e. The van der Waals surface area contributed by atoms with E-state index in [4.69, 9.17) is 0 Å². The van der Waals surface area contributed by atoms with Gasteiger partial charge in [-0.3, -0.25) is 4.79 Å². The van der Waals surface area contributed by atoms with Crippen LogP contribution in [0.2, 0.25) is 0 Å². The van der Waals surface area contributed by atoms with Gasteiger partial charge in [0.1, 0.15) is 4.88 Å². The molecule has 5 heteroatoms. The fraction of sp³-hybridized carbons (Fsp3) is 0.529. The number of aryl methyl sites for hydroxylation is 1. The van der Waals surface area contributed by atoms with Gasteiger partial charge in [-0.2, -0.15) is 0 Å². The Morgan fingerprint density at radius 3 is 2.50 bits per heavy atom. The molecule has 0 saturated heterocycles. The maximum atomic E-state index is 12.6. The van der Waals surface area contributed by atoms with Crippen molar-refractivity contribution in [2.75, 3.05) is 0 Å². The Balaban J connectivity index is 1.69. The highest BCUT2D eigenvalue weighted by molar-refractivity contribution is 7.16. The smallest absolute Gasteiger partial charge is 0.263 e. The van der Waals surface area contributed by atoms with Crippen molar-refractivity contribution in [3.63, 3.8) is 0 Å². The van der Waals surface area contributed by atoms with E-state index in [-0.39, 0.29) is 5.91 Å². The predicted octanol–water partition coefficient (Wildman–Crippen LogP) is 4.08. The highest BCUT2D eigenvalue weighted by Gasteiger charge is 2.19. The van der Waals surface area contributed by atoms with Gasteiger partial charge in [-0.1, -0.05) is 43.4 Å². The molecule has 1 aliphatic carbocycles. The molecule has 1 fully saturated rings. The summed E-state index contributed by atoms with van der Waals surface area (Å²) in [5, 5.41) is 4.08. The van der Waals surface area contributed by atoms with E-state index in [2.05, 4.69) is 10.3 Å². The van der Waals surface area contributed by atoms with Crippen LogP contribution in [0.1, 0.15) is 60.3 Å². The minimum absolute atomic E-state index is 0.0407. The lowest BCUT2D eigenvalue weighted by Crippen LogP contribution is -2.35. The number of hydrogen-bond donors (Lipinski definition) is 1. The minimum atomic E-state index is 0.0407. The number of amides is 1. The zero-order valence-corrected chi connectivity index (χ0v) is 13.9. The van der Waals surface area contributed by atoms with Crippen molar-refractivity contribution in [2.45, 2.75) is 57.9 Å². The Morgan fingerprint density at radius 2 is 1.82 bits per heavy atom. The monoisotopic (exact) mass is 317 g/mol. The summed E-state index contributed by atoms with van der Waals surface area (Å²) < 4.78 is 1.95. The molecular formula is C17H23N3OS. The Hall–Kier alpha value is -1.62. The van der Waals surface area contributed by atoms with Crippen LogP contribution in [-0.4, -0.2) is 21.5 Å². The molecule has 22 heavy (non-hydrogen) atoms. The van der Waals surface area contributed by atoms with Crippen LogP contribution in [0.5, 0.6) is 0 Å². The van der Waals surface area contributed by atoms with Crippen molar-refractivity contribution in [1.29, 1.82) is 0 Å². The molecule has 0 unspecified atom stereocenters. The van der Waals surface area contributed by atoms with Crippen LogP contribution in [0.4, 0.5) is 0 Å². The van der Waals surface area contributed by atoms with E-state index in [1.165, 1.54) is 43.4 Å². The van der Waals surface area contributed by atoms with Crippen molar-refractivity contribution in [2.24, 2.45) is 0 Å². The van der Waals surface area contributed by atoms with E-state index >= 15 is 0 Å². The average Bonchev–Trinajstić information content (AvgIpc) is 3.10. The molecule has 0 atom stereocenters. The fourth-order valence-corrected chi connectivity index (χ4v) is 3.95. The average molecular weight is 317 g/mol. The molecule has 0 radical (unpaired) electrons. The summed E-state index contributed by atoms with van der Waals surface area (Å²) in [5.41, 5.74) is 0.817. The third-order valence-corrected chi connectivity index (χ3v) is 5.43. The summed E-state index contributed by atoms with van der Waals surface area (Å²) in [6.07, 6.45) is 12.5. The first-order valence-corrected chi connectivity index (χ1v) is 8.97. The molecule has 3 rings (SSSR count). The summed E-state index contributed by atoms with van der Waals surface area (Å²) >= 11 is 1.46. The molecular weight excluding hydrogens is 294 g/mol. The SMILES string of the molecule is Cc1nc(-n2cccc2)sc1C(=O)NC1CCCCCCC1. The van der Waals surface area contributed by atoms with Crippen molar-refractivity contribution < 1.29 is 4.79 Å². The maximum Gasteiger partial charge on any atom is 0.263 e. The first-order valence-electron chi connectivity index (χ1n) is 8.15. The van der Waals surface area contributed by atoms with Gasteiger partial charge >= 0.3 is 0 Å². The molecule has 0 spiro atoms. The van der Waals surface area contributed by atoms with E-state index < -0.39 is 0 Å². The van der Waals surface area contributed by atoms with E-state index in [9.17, 15) is 4.79 Å². The van der Waals surface area contributed by atoms with Gasteiger partial charge in [0.05, 0.1) is 5.69 Å². The van der Waals surface area contributed by atoms with Crippen molar-refractivity contribution >= 4 is 17.2 Å². The van der Waals surface area contributed by atoms with Gasteiger partial charge in [-0.25, -0.2) is 4.98 Å². The summed E-state index contributed by atoms with van der Waals surface area (Å²) in [6, 6.07) is 4.25.